The third-order valence-corrected chi connectivity index (χ3v) is 3.41. The maximum atomic E-state index is 12.0. The lowest BCUT2D eigenvalue weighted by Gasteiger charge is -2.13. The lowest BCUT2D eigenvalue weighted by molar-refractivity contribution is -0.121. The number of carbonyl (C=O) groups is 1. The van der Waals surface area contributed by atoms with Crippen molar-refractivity contribution in [3.05, 3.63) is 49.1 Å². The Morgan fingerprint density at radius 3 is 3.04 bits per heavy atom. The fourth-order valence-electron chi connectivity index (χ4n) is 2.29. The smallest absolute Gasteiger partial charge is 0.227 e. The molecule has 0 radical (unpaired) electrons. The van der Waals surface area contributed by atoms with Crippen LogP contribution in [0, 0.1) is 0 Å². The minimum Gasteiger partial charge on any atom is -0.352 e. The summed E-state index contributed by atoms with van der Waals surface area (Å²) in [5.41, 5.74) is 0.783. The quantitative estimate of drug-likeness (QED) is 0.706. The second-order valence-electron chi connectivity index (χ2n) is 5.48. The molecular formula is C16H18N6O2. The van der Waals surface area contributed by atoms with Gasteiger partial charge in [0, 0.05) is 55.8 Å². The van der Waals surface area contributed by atoms with Crippen molar-refractivity contribution in [3.63, 3.8) is 0 Å². The number of rotatable bonds is 7. The molecule has 0 aromatic carbocycles. The van der Waals surface area contributed by atoms with E-state index in [1.165, 1.54) is 0 Å². The lowest BCUT2D eigenvalue weighted by Crippen LogP contribution is -2.35. The van der Waals surface area contributed by atoms with Crippen molar-refractivity contribution in [2.75, 3.05) is 0 Å². The van der Waals surface area contributed by atoms with Gasteiger partial charge in [0.1, 0.15) is 0 Å². The third-order valence-electron chi connectivity index (χ3n) is 3.41. The van der Waals surface area contributed by atoms with Gasteiger partial charge in [0.05, 0.1) is 6.33 Å². The van der Waals surface area contributed by atoms with E-state index in [1.54, 1.807) is 31.0 Å². The highest BCUT2D eigenvalue weighted by molar-refractivity contribution is 5.76. The molecule has 1 N–H and O–H groups in total. The molecule has 0 saturated heterocycles. The summed E-state index contributed by atoms with van der Waals surface area (Å²) in [4.78, 5) is 24.3. The van der Waals surface area contributed by atoms with Gasteiger partial charge in [0.25, 0.3) is 0 Å². The zero-order valence-electron chi connectivity index (χ0n) is 13.3. The number of nitrogens with one attached hydrogen (secondary N) is 1. The molecule has 0 saturated carbocycles. The number of pyridine rings is 1. The predicted molar refractivity (Wildman–Crippen MR) is 85.7 cm³/mol. The van der Waals surface area contributed by atoms with Crippen LogP contribution >= 0.6 is 0 Å². The fraction of sp³-hybridized carbons (Fsp3) is 0.312. The molecule has 0 aliphatic heterocycles. The monoisotopic (exact) mass is 326 g/mol. The van der Waals surface area contributed by atoms with Crippen LogP contribution in [0.1, 0.15) is 19.2 Å². The van der Waals surface area contributed by atoms with Crippen molar-refractivity contribution < 1.29 is 9.32 Å². The van der Waals surface area contributed by atoms with Crippen molar-refractivity contribution in [1.82, 2.24) is 30.0 Å². The number of aromatic nitrogens is 5. The highest BCUT2D eigenvalue weighted by atomic mass is 16.5. The molecule has 0 unspecified atom stereocenters. The maximum absolute atomic E-state index is 12.0. The second-order valence-corrected chi connectivity index (χ2v) is 5.48. The third kappa shape index (κ3) is 4.25. The van der Waals surface area contributed by atoms with Gasteiger partial charge >= 0.3 is 0 Å². The SMILES string of the molecule is C[C@H](Cn1ccnc1)NC(=O)CCc1nc(-c2cccnc2)no1. The van der Waals surface area contributed by atoms with Gasteiger partial charge in [0.15, 0.2) is 0 Å². The summed E-state index contributed by atoms with van der Waals surface area (Å²) in [6.07, 6.45) is 9.34. The van der Waals surface area contributed by atoms with Crippen LogP contribution in [0.15, 0.2) is 47.8 Å². The number of carbonyl (C=O) groups excluding carboxylic acids is 1. The summed E-state index contributed by atoms with van der Waals surface area (Å²) in [7, 11) is 0. The zero-order chi connectivity index (χ0) is 16.8. The molecular weight excluding hydrogens is 308 g/mol. The van der Waals surface area contributed by atoms with Crippen molar-refractivity contribution >= 4 is 5.91 Å². The standard InChI is InChI=1S/C16H18N6O2/c1-12(10-22-8-7-18-11-22)19-14(23)4-5-15-20-16(21-24-15)13-3-2-6-17-9-13/h2-3,6-9,11-12H,4-5,10H2,1H3,(H,19,23)/t12-/m1/s1. The van der Waals surface area contributed by atoms with E-state index in [9.17, 15) is 4.79 Å². The van der Waals surface area contributed by atoms with E-state index < -0.39 is 0 Å². The van der Waals surface area contributed by atoms with E-state index in [1.807, 2.05) is 23.8 Å². The van der Waals surface area contributed by atoms with Gasteiger partial charge in [-0.05, 0) is 19.1 Å². The van der Waals surface area contributed by atoms with Crippen LogP contribution in [0.2, 0.25) is 0 Å². The summed E-state index contributed by atoms with van der Waals surface area (Å²) in [6.45, 7) is 2.63. The van der Waals surface area contributed by atoms with Gasteiger partial charge < -0.3 is 14.4 Å². The lowest BCUT2D eigenvalue weighted by atomic mass is 10.2. The first-order valence-electron chi connectivity index (χ1n) is 7.69. The van der Waals surface area contributed by atoms with E-state index in [0.29, 0.717) is 31.1 Å². The Kier molecular flexibility index (Phi) is 4.95. The van der Waals surface area contributed by atoms with Crippen LogP contribution in [0.25, 0.3) is 11.4 Å². The van der Waals surface area contributed by atoms with Crippen molar-refractivity contribution in [2.24, 2.45) is 0 Å². The number of amides is 1. The predicted octanol–water partition coefficient (Wildman–Crippen LogP) is 1.47. The van der Waals surface area contributed by atoms with Crippen molar-refractivity contribution in [3.8, 4) is 11.4 Å². The van der Waals surface area contributed by atoms with Crippen molar-refractivity contribution in [2.45, 2.75) is 32.4 Å². The molecule has 0 aliphatic rings. The first kappa shape index (κ1) is 15.9. The molecule has 124 valence electrons. The Bertz CT molecular complexity index is 769. The molecule has 8 heteroatoms. The Hall–Kier alpha value is -3.03. The van der Waals surface area contributed by atoms with Gasteiger partial charge in [-0.15, -0.1) is 0 Å². The summed E-state index contributed by atoms with van der Waals surface area (Å²) >= 11 is 0. The highest BCUT2D eigenvalue weighted by Gasteiger charge is 2.12. The number of imidazole rings is 1. The van der Waals surface area contributed by atoms with Crippen LogP contribution in [0.3, 0.4) is 0 Å². The number of hydrogen-bond acceptors (Lipinski definition) is 6. The van der Waals surface area contributed by atoms with Crippen LogP contribution < -0.4 is 5.32 Å². The largest absolute Gasteiger partial charge is 0.352 e. The Labute approximate surface area is 138 Å². The molecule has 0 bridgehead atoms. The Morgan fingerprint density at radius 2 is 2.29 bits per heavy atom. The van der Waals surface area contributed by atoms with Crippen LogP contribution in [0.5, 0.6) is 0 Å². The molecule has 24 heavy (non-hydrogen) atoms. The van der Waals surface area contributed by atoms with Gasteiger partial charge in [-0.2, -0.15) is 4.98 Å². The normalized spacial score (nSPS) is 12.0. The summed E-state index contributed by atoms with van der Waals surface area (Å²) in [5, 5.41) is 6.85. The Balaban J connectivity index is 1.47. The minimum atomic E-state index is -0.0521. The topological polar surface area (TPSA) is 98.7 Å². The van der Waals surface area contributed by atoms with Gasteiger partial charge in [-0.25, -0.2) is 4.98 Å². The molecule has 3 aromatic heterocycles. The summed E-state index contributed by atoms with van der Waals surface area (Å²) in [5.74, 6) is 0.863. The number of aryl methyl sites for hydroxylation is 1. The summed E-state index contributed by atoms with van der Waals surface area (Å²) < 4.78 is 7.10. The first-order chi connectivity index (χ1) is 11.7. The average Bonchev–Trinajstić information content (AvgIpc) is 3.25. The van der Waals surface area contributed by atoms with Crippen LogP contribution in [0.4, 0.5) is 0 Å². The first-order valence-corrected chi connectivity index (χ1v) is 7.69. The zero-order valence-corrected chi connectivity index (χ0v) is 13.3. The average molecular weight is 326 g/mol. The van der Waals surface area contributed by atoms with E-state index in [0.717, 1.165) is 5.56 Å². The summed E-state index contributed by atoms with van der Waals surface area (Å²) in [6, 6.07) is 3.67. The van der Waals surface area contributed by atoms with E-state index in [4.69, 9.17) is 4.52 Å². The maximum Gasteiger partial charge on any atom is 0.227 e. The second kappa shape index (κ2) is 7.49. The molecule has 0 fully saturated rings. The number of nitrogens with zero attached hydrogens (tertiary/aromatic N) is 5. The van der Waals surface area contributed by atoms with E-state index in [-0.39, 0.29) is 11.9 Å². The fourth-order valence-corrected chi connectivity index (χ4v) is 2.29. The van der Waals surface area contributed by atoms with Gasteiger partial charge in [0.2, 0.25) is 17.6 Å². The molecule has 3 aromatic rings. The van der Waals surface area contributed by atoms with Crippen LogP contribution in [-0.4, -0.2) is 36.6 Å². The Morgan fingerprint density at radius 1 is 1.38 bits per heavy atom. The molecule has 3 heterocycles. The molecule has 3 rings (SSSR count). The molecule has 0 aliphatic carbocycles. The number of hydrogen-bond donors (Lipinski definition) is 1. The molecule has 0 spiro atoms. The molecule has 1 atom stereocenters. The van der Waals surface area contributed by atoms with Gasteiger partial charge in [-0.3, -0.25) is 9.78 Å². The van der Waals surface area contributed by atoms with Crippen LogP contribution in [-0.2, 0) is 17.8 Å². The van der Waals surface area contributed by atoms with Gasteiger partial charge in [-0.1, -0.05) is 5.16 Å². The van der Waals surface area contributed by atoms with E-state index >= 15 is 0 Å². The highest BCUT2D eigenvalue weighted by Crippen LogP contribution is 2.14. The molecule has 1 amide bonds. The molecule has 8 nitrogen and oxygen atoms in total. The van der Waals surface area contributed by atoms with E-state index in [2.05, 4.69) is 25.4 Å². The minimum absolute atomic E-state index is 0.0142. The van der Waals surface area contributed by atoms with Crippen molar-refractivity contribution in [1.29, 1.82) is 0 Å².